The molecule has 5 nitrogen and oxygen atoms in total. The number of carbonyl (C=O) groups is 1. The van der Waals surface area contributed by atoms with Crippen molar-refractivity contribution < 1.29 is 9.53 Å². The molecule has 5 heteroatoms. The van der Waals surface area contributed by atoms with E-state index in [1.165, 1.54) is 5.56 Å². The molecule has 0 unspecified atom stereocenters. The number of benzene rings is 2. The Morgan fingerprint density at radius 1 is 1.12 bits per heavy atom. The van der Waals surface area contributed by atoms with Crippen LogP contribution >= 0.6 is 0 Å². The molecule has 0 saturated heterocycles. The van der Waals surface area contributed by atoms with E-state index in [1.807, 2.05) is 56.4 Å². The van der Waals surface area contributed by atoms with Gasteiger partial charge in [-0.15, -0.1) is 0 Å². The third kappa shape index (κ3) is 3.33. The fraction of sp³-hybridized carbons (Fsp3) is 0.238. The first kappa shape index (κ1) is 17.7. The van der Waals surface area contributed by atoms with Gasteiger partial charge < -0.3 is 14.6 Å². The van der Waals surface area contributed by atoms with Crippen molar-refractivity contribution in [2.75, 3.05) is 7.05 Å². The van der Waals surface area contributed by atoms with Crippen LogP contribution in [0.1, 0.15) is 27.4 Å². The number of imidazole rings is 1. The van der Waals surface area contributed by atoms with Crippen LogP contribution in [0.2, 0.25) is 0 Å². The fourth-order valence-corrected chi connectivity index (χ4v) is 2.87. The lowest BCUT2D eigenvalue weighted by molar-refractivity contribution is 0.0955. The second kappa shape index (κ2) is 7.44. The zero-order chi connectivity index (χ0) is 18.7. The van der Waals surface area contributed by atoms with E-state index in [1.54, 1.807) is 11.6 Å². The van der Waals surface area contributed by atoms with Gasteiger partial charge in [-0.2, -0.15) is 0 Å². The maximum Gasteiger partial charge on any atom is 0.269 e. The van der Waals surface area contributed by atoms with Crippen molar-refractivity contribution in [3.63, 3.8) is 0 Å². The van der Waals surface area contributed by atoms with Gasteiger partial charge in [0.1, 0.15) is 29.6 Å². The highest BCUT2D eigenvalue weighted by Gasteiger charge is 2.21. The van der Waals surface area contributed by atoms with Gasteiger partial charge in [0, 0.05) is 19.7 Å². The first-order valence-corrected chi connectivity index (χ1v) is 8.55. The number of aryl methyl sites for hydroxylation is 1. The molecule has 1 amide bonds. The van der Waals surface area contributed by atoms with Gasteiger partial charge >= 0.3 is 0 Å². The summed E-state index contributed by atoms with van der Waals surface area (Å²) in [6.07, 6.45) is 0. The van der Waals surface area contributed by atoms with E-state index >= 15 is 0 Å². The van der Waals surface area contributed by atoms with E-state index in [-0.39, 0.29) is 12.5 Å². The average Bonchev–Trinajstić information content (AvgIpc) is 2.99. The maximum atomic E-state index is 12.4. The smallest absolute Gasteiger partial charge is 0.269 e. The summed E-state index contributed by atoms with van der Waals surface area (Å²) >= 11 is 0. The topological polar surface area (TPSA) is 56.1 Å². The van der Waals surface area contributed by atoms with E-state index < -0.39 is 0 Å². The lowest BCUT2D eigenvalue weighted by atomic mass is 10.1. The molecule has 0 radical (unpaired) electrons. The van der Waals surface area contributed by atoms with Crippen molar-refractivity contribution in [1.82, 2.24) is 14.9 Å². The number of nitrogens with zero attached hydrogens (tertiary/aromatic N) is 2. The number of ether oxygens (including phenoxy) is 1. The summed E-state index contributed by atoms with van der Waals surface area (Å²) in [6.45, 7) is 4.38. The fourth-order valence-electron chi connectivity index (χ4n) is 2.87. The number of carbonyl (C=O) groups excluding carboxylic acids is 1. The molecule has 1 heterocycles. The van der Waals surface area contributed by atoms with Gasteiger partial charge in [0.2, 0.25) is 0 Å². The number of hydrogen-bond acceptors (Lipinski definition) is 3. The zero-order valence-electron chi connectivity index (χ0n) is 15.5. The van der Waals surface area contributed by atoms with Crippen LogP contribution in [0.25, 0.3) is 11.3 Å². The molecule has 0 fully saturated rings. The summed E-state index contributed by atoms with van der Waals surface area (Å²) in [5.41, 5.74) is 4.37. The summed E-state index contributed by atoms with van der Waals surface area (Å²) in [5, 5.41) is 2.70. The molecular formula is C21H23N3O2. The monoisotopic (exact) mass is 349 g/mol. The minimum Gasteiger partial charge on any atom is -0.485 e. The predicted molar refractivity (Wildman–Crippen MR) is 102 cm³/mol. The Kier molecular flexibility index (Phi) is 5.07. The van der Waals surface area contributed by atoms with Crippen molar-refractivity contribution in [2.24, 2.45) is 7.05 Å². The summed E-state index contributed by atoms with van der Waals surface area (Å²) in [5.74, 6) is 1.36. The van der Waals surface area contributed by atoms with Gasteiger partial charge in [0.05, 0.1) is 0 Å². The molecule has 134 valence electrons. The average molecular weight is 349 g/mol. The number of hydrogen-bond donors (Lipinski definition) is 1. The van der Waals surface area contributed by atoms with Crippen molar-refractivity contribution in [2.45, 2.75) is 20.5 Å². The van der Waals surface area contributed by atoms with Gasteiger partial charge in [0.25, 0.3) is 5.91 Å². The number of nitrogens with one attached hydrogen (secondary N) is 1. The third-order valence-electron chi connectivity index (χ3n) is 4.59. The molecule has 0 aliphatic rings. The summed E-state index contributed by atoms with van der Waals surface area (Å²) < 4.78 is 7.78. The van der Waals surface area contributed by atoms with Gasteiger partial charge in [-0.1, -0.05) is 42.5 Å². The molecule has 3 aromatic rings. The lowest BCUT2D eigenvalue weighted by Crippen LogP contribution is -2.22. The van der Waals surface area contributed by atoms with E-state index in [0.717, 1.165) is 16.9 Å². The number of amides is 1. The second-order valence-electron chi connectivity index (χ2n) is 6.22. The van der Waals surface area contributed by atoms with Crippen LogP contribution in [0.4, 0.5) is 0 Å². The summed E-state index contributed by atoms with van der Waals surface area (Å²) in [7, 11) is 3.46. The summed E-state index contributed by atoms with van der Waals surface area (Å²) in [4.78, 5) is 17.1. The zero-order valence-corrected chi connectivity index (χ0v) is 15.5. The van der Waals surface area contributed by atoms with Crippen molar-refractivity contribution in [1.29, 1.82) is 0 Å². The Hall–Kier alpha value is -3.08. The lowest BCUT2D eigenvalue weighted by Gasteiger charge is -2.11. The van der Waals surface area contributed by atoms with Crippen LogP contribution in [0.3, 0.4) is 0 Å². The van der Waals surface area contributed by atoms with Crippen LogP contribution in [0.15, 0.2) is 48.5 Å². The van der Waals surface area contributed by atoms with Gasteiger partial charge in [-0.25, -0.2) is 4.98 Å². The normalized spacial score (nSPS) is 10.6. The van der Waals surface area contributed by atoms with Gasteiger partial charge in [-0.05, 0) is 31.0 Å². The maximum absolute atomic E-state index is 12.4. The molecule has 0 saturated carbocycles. The molecule has 0 aliphatic carbocycles. The minimum absolute atomic E-state index is 0.170. The standard InChI is InChI=1S/C21H23N3O2/c1-14-9-8-12-17(15(14)2)26-13-18-23-19(16-10-6-5-7-11-16)20(24(18)4)21(25)22-3/h5-12H,13H2,1-4H3,(H,22,25). The van der Waals surface area contributed by atoms with Crippen LogP contribution < -0.4 is 10.1 Å². The van der Waals surface area contributed by atoms with E-state index in [4.69, 9.17) is 9.72 Å². The third-order valence-corrected chi connectivity index (χ3v) is 4.59. The van der Waals surface area contributed by atoms with Crippen LogP contribution in [0.5, 0.6) is 5.75 Å². The first-order valence-electron chi connectivity index (χ1n) is 8.55. The quantitative estimate of drug-likeness (QED) is 0.765. The predicted octanol–water partition coefficient (Wildman–Crippen LogP) is 3.64. The number of rotatable bonds is 5. The van der Waals surface area contributed by atoms with Gasteiger partial charge in [-0.3, -0.25) is 4.79 Å². The summed E-state index contributed by atoms with van der Waals surface area (Å²) in [6, 6.07) is 15.7. The van der Waals surface area contributed by atoms with Gasteiger partial charge in [0.15, 0.2) is 0 Å². The van der Waals surface area contributed by atoms with Crippen molar-refractivity contribution >= 4 is 5.91 Å². The Morgan fingerprint density at radius 3 is 2.54 bits per heavy atom. The Bertz CT molecular complexity index is 930. The highest BCUT2D eigenvalue weighted by Crippen LogP contribution is 2.25. The molecule has 0 aliphatic heterocycles. The molecule has 0 bridgehead atoms. The SMILES string of the molecule is CNC(=O)c1c(-c2ccccc2)nc(COc2cccc(C)c2C)n1C. The van der Waals surface area contributed by atoms with E-state index in [2.05, 4.69) is 18.3 Å². The van der Waals surface area contributed by atoms with E-state index in [0.29, 0.717) is 17.2 Å². The molecule has 1 N–H and O–H groups in total. The van der Waals surface area contributed by atoms with Crippen molar-refractivity contribution in [3.05, 3.63) is 71.2 Å². The molecule has 3 rings (SSSR count). The molecule has 1 aromatic heterocycles. The Balaban J connectivity index is 1.96. The van der Waals surface area contributed by atoms with Crippen molar-refractivity contribution in [3.8, 4) is 17.0 Å². The second-order valence-corrected chi connectivity index (χ2v) is 6.22. The molecule has 0 atom stereocenters. The highest BCUT2D eigenvalue weighted by atomic mass is 16.5. The molecular weight excluding hydrogens is 326 g/mol. The van der Waals surface area contributed by atoms with Crippen LogP contribution in [-0.2, 0) is 13.7 Å². The Morgan fingerprint density at radius 2 is 1.85 bits per heavy atom. The highest BCUT2D eigenvalue weighted by molar-refractivity contribution is 5.98. The Labute approximate surface area is 153 Å². The molecule has 0 spiro atoms. The first-order chi connectivity index (χ1) is 12.5. The molecule has 26 heavy (non-hydrogen) atoms. The van der Waals surface area contributed by atoms with Crippen LogP contribution in [0, 0.1) is 13.8 Å². The minimum atomic E-state index is -0.170. The van der Waals surface area contributed by atoms with Crippen LogP contribution in [-0.4, -0.2) is 22.5 Å². The molecule has 2 aromatic carbocycles. The largest absolute Gasteiger partial charge is 0.485 e. The van der Waals surface area contributed by atoms with E-state index in [9.17, 15) is 4.79 Å². The number of aromatic nitrogens is 2.